The van der Waals surface area contributed by atoms with Crippen molar-refractivity contribution in [3.05, 3.63) is 0 Å². The Morgan fingerprint density at radius 3 is 2.55 bits per heavy atom. The Morgan fingerprint density at radius 2 is 2.10 bits per heavy atom. The van der Waals surface area contributed by atoms with E-state index in [-0.39, 0.29) is 18.2 Å². The number of fused-ring (bicyclic) bond motifs is 2. The van der Waals surface area contributed by atoms with E-state index < -0.39 is 27.9 Å². The summed E-state index contributed by atoms with van der Waals surface area (Å²) in [4.78, 5) is 24.9. The van der Waals surface area contributed by atoms with Gasteiger partial charge in [0.25, 0.3) is 0 Å². The molecule has 2 bridgehead atoms. The smallest absolute Gasteiger partial charge is 0.326 e. The molecule has 1 aliphatic carbocycles. The molecule has 3 unspecified atom stereocenters. The van der Waals surface area contributed by atoms with Crippen LogP contribution in [-0.2, 0) is 14.6 Å². The van der Waals surface area contributed by atoms with Crippen LogP contribution in [-0.4, -0.2) is 61.1 Å². The van der Waals surface area contributed by atoms with Gasteiger partial charge in [-0.1, -0.05) is 0 Å². The maximum atomic E-state index is 12.1. The van der Waals surface area contributed by atoms with Gasteiger partial charge in [0.1, 0.15) is 15.9 Å². The number of sulfone groups is 1. The summed E-state index contributed by atoms with van der Waals surface area (Å²) >= 11 is 0. The van der Waals surface area contributed by atoms with Gasteiger partial charge in [-0.15, -0.1) is 0 Å². The molecule has 1 heterocycles. The van der Waals surface area contributed by atoms with Crippen LogP contribution in [0, 0.1) is 5.92 Å². The lowest BCUT2D eigenvalue weighted by Crippen LogP contribution is -2.50. The van der Waals surface area contributed by atoms with Gasteiger partial charge in [0.15, 0.2) is 0 Å². The number of rotatable bonds is 5. The SMILES string of the molecule is CS(=O)(=O)CCC(NC(=O)N1CC2CCC1C2)C(=O)O. The minimum atomic E-state index is -3.24. The third-order valence-corrected chi connectivity index (χ3v) is 5.02. The first kappa shape index (κ1) is 15.1. The maximum absolute atomic E-state index is 12.1. The van der Waals surface area contributed by atoms with Crippen LogP contribution in [0.15, 0.2) is 0 Å². The summed E-state index contributed by atoms with van der Waals surface area (Å²) in [5.41, 5.74) is 0. The fourth-order valence-electron chi connectivity index (χ4n) is 2.99. The van der Waals surface area contributed by atoms with E-state index in [1.54, 1.807) is 4.90 Å². The highest BCUT2D eigenvalue weighted by molar-refractivity contribution is 7.90. The Balaban J connectivity index is 1.91. The molecule has 0 spiro atoms. The lowest BCUT2D eigenvalue weighted by atomic mass is 10.1. The van der Waals surface area contributed by atoms with Crippen molar-refractivity contribution in [2.75, 3.05) is 18.6 Å². The van der Waals surface area contributed by atoms with Crippen LogP contribution >= 0.6 is 0 Å². The predicted octanol–water partition coefficient (Wildman–Crippen LogP) is 0.0682. The fraction of sp³-hybridized carbons (Fsp3) is 0.833. The molecule has 2 amide bonds. The molecule has 2 N–H and O–H groups in total. The van der Waals surface area contributed by atoms with Crippen LogP contribution < -0.4 is 5.32 Å². The number of carbonyl (C=O) groups is 2. The molecule has 0 aromatic rings. The monoisotopic (exact) mass is 304 g/mol. The Labute approximate surface area is 118 Å². The molecule has 0 aromatic heterocycles. The Hall–Kier alpha value is -1.31. The summed E-state index contributed by atoms with van der Waals surface area (Å²) < 4.78 is 22.2. The molecule has 114 valence electrons. The molecule has 20 heavy (non-hydrogen) atoms. The fourth-order valence-corrected chi connectivity index (χ4v) is 3.66. The van der Waals surface area contributed by atoms with Gasteiger partial charge in [0.2, 0.25) is 0 Å². The first-order valence-corrected chi connectivity index (χ1v) is 8.80. The van der Waals surface area contributed by atoms with Crippen molar-refractivity contribution in [3.8, 4) is 0 Å². The molecule has 1 aliphatic heterocycles. The van der Waals surface area contributed by atoms with Crippen LogP contribution in [0.1, 0.15) is 25.7 Å². The first-order chi connectivity index (χ1) is 9.26. The van der Waals surface area contributed by atoms with Gasteiger partial charge in [-0.3, -0.25) is 0 Å². The van der Waals surface area contributed by atoms with E-state index in [4.69, 9.17) is 5.11 Å². The highest BCUT2D eigenvalue weighted by Crippen LogP contribution is 2.37. The quantitative estimate of drug-likeness (QED) is 0.748. The van der Waals surface area contributed by atoms with Gasteiger partial charge in [-0.2, -0.15) is 0 Å². The van der Waals surface area contributed by atoms with Crippen molar-refractivity contribution in [3.63, 3.8) is 0 Å². The van der Waals surface area contributed by atoms with Gasteiger partial charge in [-0.05, 0) is 31.6 Å². The highest BCUT2D eigenvalue weighted by atomic mass is 32.2. The average molecular weight is 304 g/mol. The molecule has 2 fully saturated rings. The van der Waals surface area contributed by atoms with Gasteiger partial charge in [0, 0.05) is 18.8 Å². The van der Waals surface area contributed by atoms with E-state index in [0.29, 0.717) is 12.5 Å². The highest BCUT2D eigenvalue weighted by Gasteiger charge is 2.41. The minimum Gasteiger partial charge on any atom is -0.480 e. The van der Waals surface area contributed by atoms with E-state index >= 15 is 0 Å². The number of hydrogen-bond donors (Lipinski definition) is 2. The molecule has 1 saturated carbocycles. The number of carbonyl (C=O) groups excluding carboxylic acids is 1. The lowest BCUT2D eigenvalue weighted by molar-refractivity contribution is -0.139. The minimum absolute atomic E-state index is 0.109. The molecule has 2 aliphatic rings. The molecule has 8 heteroatoms. The molecule has 1 saturated heterocycles. The van der Waals surface area contributed by atoms with Crippen LogP contribution in [0.25, 0.3) is 0 Å². The molecular weight excluding hydrogens is 284 g/mol. The predicted molar refractivity (Wildman–Crippen MR) is 72.1 cm³/mol. The van der Waals surface area contributed by atoms with Crippen molar-refractivity contribution in [2.45, 2.75) is 37.8 Å². The second kappa shape index (κ2) is 5.59. The third-order valence-electron chi connectivity index (χ3n) is 4.04. The topological polar surface area (TPSA) is 104 Å². The zero-order valence-electron chi connectivity index (χ0n) is 11.4. The Kier molecular flexibility index (Phi) is 4.22. The van der Waals surface area contributed by atoms with Crippen molar-refractivity contribution in [1.29, 1.82) is 0 Å². The van der Waals surface area contributed by atoms with Gasteiger partial charge in [0.05, 0.1) is 5.75 Å². The number of nitrogens with zero attached hydrogens (tertiary/aromatic N) is 1. The summed E-state index contributed by atoms with van der Waals surface area (Å²) in [7, 11) is -3.24. The summed E-state index contributed by atoms with van der Waals surface area (Å²) in [6.45, 7) is 0.676. The number of carboxylic acid groups (broad SMARTS) is 1. The Bertz CT molecular complexity index is 504. The first-order valence-electron chi connectivity index (χ1n) is 6.74. The largest absolute Gasteiger partial charge is 0.480 e. The van der Waals surface area contributed by atoms with E-state index in [1.807, 2.05) is 0 Å². The maximum Gasteiger partial charge on any atom is 0.326 e. The van der Waals surface area contributed by atoms with Crippen molar-refractivity contribution < 1.29 is 23.1 Å². The second-order valence-corrected chi connectivity index (χ2v) is 8.00. The zero-order valence-corrected chi connectivity index (χ0v) is 12.2. The van der Waals surface area contributed by atoms with E-state index in [9.17, 15) is 18.0 Å². The average Bonchev–Trinajstić information content (AvgIpc) is 2.94. The van der Waals surface area contributed by atoms with Crippen LogP contribution in [0.4, 0.5) is 4.79 Å². The molecule has 2 rings (SSSR count). The zero-order chi connectivity index (χ0) is 14.9. The summed E-state index contributed by atoms with van der Waals surface area (Å²) in [6, 6.07) is -1.33. The van der Waals surface area contributed by atoms with E-state index in [2.05, 4.69) is 5.32 Å². The molecule has 0 aromatic carbocycles. The molecular formula is C12H20N2O5S. The number of aliphatic carboxylic acids is 1. The molecule has 3 atom stereocenters. The lowest BCUT2D eigenvalue weighted by Gasteiger charge is -2.28. The van der Waals surface area contributed by atoms with Crippen LogP contribution in [0.3, 0.4) is 0 Å². The van der Waals surface area contributed by atoms with E-state index in [0.717, 1.165) is 25.5 Å². The number of likely N-dealkylation sites (tertiary alicyclic amines) is 1. The van der Waals surface area contributed by atoms with Crippen molar-refractivity contribution in [2.24, 2.45) is 5.92 Å². The van der Waals surface area contributed by atoms with Crippen LogP contribution in [0.5, 0.6) is 0 Å². The van der Waals surface area contributed by atoms with Crippen LogP contribution in [0.2, 0.25) is 0 Å². The third kappa shape index (κ3) is 3.62. The van der Waals surface area contributed by atoms with Crippen molar-refractivity contribution >= 4 is 21.8 Å². The second-order valence-electron chi connectivity index (χ2n) is 5.74. The van der Waals surface area contributed by atoms with Crippen molar-refractivity contribution in [1.82, 2.24) is 10.2 Å². The standard InChI is InChI=1S/C12H20N2O5S/c1-20(18,19)5-4-10(11(15)16)13-12(17)14-7-8-2-3-9(14)6-8/h8-10H,2-7H2,1H3,(H,13,17)(H,15,16). The summed E-state index contributed by atoms with van der Waals surface area (Å²) in [5, 5.41) is 11.5. The number of carboxylic acids is 1. The number of amides is 2. The number of piperidine rings is 1. The molecule has 7 nitrogen and oxygen atoms in total. The number of nitrogens with one attached hydrogen (secondary N) is 1. The normalized spacial score (nSPS) is 26.6. The summed E-state index contributed by atoms with van der Waals surface area (Å²) in [6.07, 6.45) is 4.04. The number of hydrogen-bond acceptors (Lipinski definition) is 4. The van der Waals surface area contributed by atoms with E-state index in [1.165, 1.54) is 0 Å². The Morgan fingerprint density at radius 1 is 1.40 bits per heavy atom. The molecule has 0 radical (unpaired) electrons. The summed E-state index contributed by atoms with van der Waals surface area (Å²) in [5.74, 6) is -0.924. The van der Waals surface area contributed by atoms with Gasteiger partial charge < -0.3 is 15.3 Å². The van der Waals surface area contributed by atoms with Gasteiger partial charge in [-0.25, -0.2) is 18.0 Å². The number of urea groups is 1. The van der Waals surface area contributed by atoms with Gasteiger partial charge >= 0.3 is 12.0 Å².